The lowest BCUT2D eigenvalue weighted by Crippen LogP contribution is -2.29. The van der Waals surface area contributed by atoms with Crippen LogP contribution in [0.25, 0.3) is 5.69 Å². The van der Waals surface area contributed by atoms with Gasteiger partial charge in [-0.05, 0) is 112 Å². The lowest BCUT2D eigenvalue weighted by Gasteiger charge is -2.29. The molecule has 1 fully saturated rings. The Bertz CT molecular complexity index is 1710. The Morgan fingerprint density at radius 1 is 0.925 bits per heavy atom. The maximum absolute atomic E-state index is 11.9. The van der Waals surface area contributed by atoms with E-state index in [1.165, 1.54) is 22.4 Å². The Labute approximate surface area is 242 Å². The van der Waals surface area contributed by atoms with E-state index in [1.54, 1.807) is 12.3 Å². The van der Waals surface area contributed by atoms with E-state index < -0.39 is 10.0 Å². The van der Waals surface area contributed by atoms with Crippen LogP contribution >= 0.6 is 12.2 Å². The van der Waals surface area contributed by atoms with Gasteiger partial charge >= 0.3 is 0 Å². The molecule has 2 aromatic heterocycles. The van der Waals surface area contributed by atoms with Crippen LogP contribution in [-0.2, 0) is 10.0 Å². The number of anilines is 2. The lowest BCUT2D eigenvalue weighted by atomic mass is 9.96. The minimum absolute atomic E-state index is 0.179. The largest absolute Gasteiger partial charge is 0.351 e. The van der Waals surface area contributed by atoms with Crippen LogP contribution in [0.1, 0.15) is 57.0 Å². The molecule has 0 unspecified atom stereocenters. The highest BCUT2D eigenvalue weighted by Gasteiger charge is 2.42. The zero-order valence-corrected chi connectivity index (χ0v) is 25.5. The third kappa shape index (κ3) is 5.11. The topological polar surface area (TPSA) is 79.3 Å². The fourth-order valence-corrected chi connectivity index (χ4v) is 6.99. The van der Waals surface area contributed by atoms with Crippen molar-refractivity contribution >= 4 is 38.7 Å². The fraction of sp³-hybridized carbons (Fsp3) is 0.290. The molecule has 0 radical (unpaired) electrons. The number of aromatic nitrogens is 2. The van der Waals surface area contributed by atoms with Gasteiger partial charge in [-0.3, -0.25) is 9.71 Å². The minimum Gasteiger partial charge on any atom is -0.351 e. The van der Waals surface area contributed by atoms with E-state index in [9.17, 15) is 8.42 Å². The van der Waals surface area contributed by atoms with Crippen molar-refractivity contribution in [2.24, 2.45) is 0 Å². The van der Waals surface area contributed by atoms with E-state index in [2.05, 4.69) is 72.3 Å². The summed E-state index contributed by atoms with van der Waals surface area (Å²) in [6, 6.07) is 18.0. The number of rotatable bonds is 6. The fourth-order valence-electron chi connectivity index (χ4n) is 6.02. The normalized spacial score (nSPS) is 17.3. The van der Waals surface area contributed by atoms with Crippen molar-refractivity contribution in [2.45, 2.75) is 53.6 Å². The van der Waals surface area contributed by atoms with Gasteiger partial charge in [0.05, 0.1) is 35.4 Å². The molecule has 208 valence electrons. The first-order valence-electron chi connectivity index (χ1n) is 13.2. The van der Waals surface area contributed by atoms with E-state index in [1.807, 2.05) is 37.3 Å². The molecule has 0 amide bonds. The smallest absolute Gasteiger partial charge is 0.229 e. The van der Waals surface area contributed by atoms with Crippen molar-refractivity contribution in [2.75, 3.05) is 15.9 Å². The summed E-state index contributed by atoms with van der Waals surface area (Å²) in [5.74, 6) is 0. The highest BCUT2D eigenvalue weighted by Crippen LogP contribution is 2.44. The van der Waals surface area contributed by atoms with Gasteiger partial charge in [0.1, 0.15) is 0 Å². The zero-order chi connectivity index (χ0) is 28.9. The highest BCUT2D eigenvalue weighted by atomic mass is 32.2. The van der Waals surface area contributed by atoms with E-state index in [-0.39, 0.29) is 12.1 Å². The number of hydrogen-bond acceptors (Lipinski definition) is 4. The molecule has 1 aliphatic rings. The molecule has 1 saturated heterocycles. The third-order valence-electron chi connectivity index (χ3n) is 7.53. The number of nitrogens with zero attached hydrogens (tertiary/aromatic N) is 3. The van der Waals surface area contributed by atoms with Gasteiger partial charge in [0.25, 0.3) is 0 Å². The summed E-state index contributed by atoms with van der Waals surface area (Å²) in [7, 11) is -3.40. The molecule has 0 saturated carbocycles. The second-order valence-electron chi connectivity index (χ2n) is 10.8. The van der Waals surface area contributed by atoms with Crippen LogP contribution in [0.3, 0.4) is 0 Å². The van der Waals surface area contributed by atoms with Crippen molar-refractivity contribution in [3.8, 4) is 5.69 Å². The van der Waals surface area contributed by atoms with Crippen molar-refractivity contribution in [3.05, 3.63) is 106 Å². The van der Waals surface area contributed by atoms with Gasteiger partial charge in [-0.1, -0.05) is 23.8 Å². The number of pyridine rings is 1. The second kappa shape index (κ2) is 10.4. The summed E-state index contributed by atoms with van der Waals surface area (Å²) in [6.07, 6.45) is 2.96. The van der Waals surface area contributed by atoms with Crippen molar-refractivity contribution in [1.82, 2.24) is 14.9 Å². The van der Waals surface area contributed by atoms with Gasteiger partial charge in [-0.25, -0.2) is 8.42 Å². The molecule has 4 aromatic rings. The SMILES string of the molecule is Cc1cc(C)c(-n2c(C)cc([C@@H]3[C@@H](c4ccccn4)NC(=S)N3c3ccc(NS(C)(=O)=O)c(C)c3)c2C)c(C)c1. The van der Waals surface area contributed by atoms with Crippen LogP contribution in [0.4, 0.5) is 11.4 Å². The molecule has 2 N–H and O–H groups in total. The van der Waals surface area contributed by atoms with Gasteiger partial charge < -0.3 is 14.8 Å². The number of sulfonamides is 1. The molecule has 9 heteroatoms. The average molecular weight is 574 g/mol. The number of nitrogens with one attached hydrogen (secondary N) is 2. The summed E-state index contributed by atoms with van der Waals surface area (Å²) >= 11 is 5.94. The van der Waals surface area contributed by atoms with Crippen LogP contribution < -0.4 is 14.9 Å². The summed E-state index contributed by atoms with van der Waals surface area (Å²) in [6.45, 7) is 12.7. The van der Waals surface area contributed by atoms with Crippen LogP contribution in [0.5, 0.6) is 0 Å². The standard InChI is InChI=1S/C31H35N5O2S2/c1-18-14-20(3)29(21(4)15-18)35-22(5)17-25(23(35)6)30-28(27-10-8-9-13-32-27)33-31(39)36(30)24-11-12-26(19(2)16-24)34-40(7,37)38/h8-17,28,30,34H,1-7H3,(H,33,39)/t28-,30-/m1/s1. The molecule has 2 atom stereocenters. The molecule has 0 aliphatic carbocycles. The van der Waals surface area contributed by atoms with Gasteiger partial charge in [0, 0.05) is 23.3 Å². The van der Waals surface area contributed by atoms with E-state index in [0.29, 0.717) is 10.8 Å². The molecule has 7 nitrogen and oxygen atoms in total. The van der Waals surface area contributed by atoms with Crippen molar-refractivity contribution in [3.63, 3.8) is 0 Å². The van der Waals surface area contributed by atoms with Crippen LogP contribution in [0.15, 0.2) is 60.8 Å². The molecule has 40 heavy (non-hydrogen) atoms. The predicted octanol–water partition coefficient (Wildman–Crippen LogP) is 6.27. The Morgan fingerprint density at radius 3 is 2.23 bits per heavy atom. The number of hydrogen-bond donors (Lipinski definition) is 2. The predicted molar refractivity (Wildman–Crippen MR) is 167 cm³/mol. The first-order valence-corrected chi connectivity index (χ1v) is 15.5. The summed E-state index contributed by atoms with van der Waals surface area (Å²) in [5, 5.41) is 4.13. The average Bonchev–Trinajstić information content (AvgIpc) is 3.35. The van der Waals surface area contributed by atoms with Crippen LogP contribution in [0, 0.1) is 41.5 Å². The number of aryl methyl sites for hydroxylation is 5. The molecular formula is C31H35N5O2S2. The third-order valence-corrected chi connectivity index (χ3v) is 8.43. The van der Waals surface area contributed by atoms with E-state index in [0.717, 1.165) is 40.2 Å². The molecular weight excluding hydrogens is 539 g/mol. The van der Waals surface area contributed by atoms with Crippen LogP contribution in [-0.4, -0.2) is 29.3 Å². The Kier molecular flexibility index (Phi) is 7.22. The molecule has 0 spiro atoms. The Balaban J connectivity index is 1.68. The summed E-state index contributed by atoms with van der Waals surface area (Å²) in [4.78, 5) is 6.83. The first kappa shape index (κ1) is 27.9. The van der Waals surface area contributed by atoms with E-state index in [4.69, 9.17) is 17.2 Å². The van der Waals surface area contributed by atoms with Gasteiger partial charge in [0.15, 0.2) is 5.11 Å². The molecule has 2 aromatic carbocycles. The molecule has 5 rings (SSSR count). The van der Waals surface area contributed by atoms with Crippen LogP contribution in [0.2, 0.25) is 0 Å². The number of benzene rings is 2. The maximum Gasteiger partial charge on any atom is 0.229 e. The lowest BCUT2D eigenvalue weighted by molar-refractivity contribution is 0.565. The van der Waals surface area contributed by atoms with Gasteiger partial charge in [-0.2, -0.15) is 0 Å². The monoisotopic (exact) mass is 573 g/mol. The quantitative estimate of drug-likeness (QED) is 0.265. The van der Waals surface area contributed by atoms with Gasteiger partial charge in [0.2, 0.25) is 10.0 Å². The maximum atomic E-state index is 11.9. The minimum atomic E-state index is -3.40. The molecule has 0 bridgehead atoms. The second-order valence-corrected chi connectivity index (χ2v) is 12.9. The summed E-state index contributed by atoms with van der Waals surface area (Å²) in [5.41, 5.74) is 11.5. The van der Waals surface area contributed by atoms with E-state index >= 15 is 0 Å². The van der Waals surface area contributed by atoms with Crippen molar-refractivity contribution in [1.29, 1.82) is 0 Å². The molecule has 3 heterocycles. The Hall–Kier alpha value is -3.69. The van der Waals surface area contributed by atoms with Gasteiger partial charge in [-0.15, -0.1) is 0 Å². The highest BCUT2D eigenvalue weighted by molar-refractivity contribution is 7.92. The Morgan fingerprint density at radius 2 is 1.62 bits per heavy atom. The first-order chi connectivity index (χ1) is 18.9. The summed E-state index contributed by atoms with van der Waals surface area (Å²) < 4.78 is 28.7. The number of thiocarbonyl (C=S) groups is 1. The zero-order valence-electron chi connectivity index (χ0n) is 23.9. The molecule has 1 aliphatic heterocycles. The van der Waals surface area contributed by atoms with Crippen molar-refractivity contribution < 1.29 is 8.42 Å².